The molecule has 1 aliphatic heterocycles. The fraction of sp³-hybridized carbons (Fsp3) is 0.444. The zero-order valence-electron chi connectivity index (χ0n) is 14.5. The van der Waals surface area contributed by atoms with E-state index in [1.54, 1.807) is 31.3 Å². The standard InChI is InChI=1S/C18H23N5O2/c1-20-17(25)14-15(11-3-5-13(24)6-4-11)21-23(16(14)19)12-7-18(8-12)9-22(2)10-18/h3-6,12,24H,7-10,19H2,1-2H3,(H,20,25). The highest BCUT2D eigenvalue weighted by Gasteiger charge is 2.52. The van der Waals surface area contributed by atoms with E-state index in [-0.39, 0.29) is 17.7 Å². The van der Waals surface area contributed by atoms with Gasteiger partial charge in [0.1, 0.15) is 22.8 Å². The Morgan fingerprint density at radius 1 is 1.32 bits per heavy atom. The van der Waals surface area contributed by atoms with Crippen LogP contribution in [0, 0.1) is 5.41 Å². The van der Waals surface area contributed by atoms with Gasteiger partial charge in [-0.05, 0) is 49.6 Å². The molecule has 1 saturated carbocycles. The van der Waals surface area contributed by atoms with Gasteiger partial charge in [0.15, 0.2) is 0 Å². The van der Waals surface area contributed by atoms with Gasteiger partial charge in [-0.25, -0.2) is 4.68 Å². The van der Waals surface area contributed by atoms with Crippen LogP contribution in [0.25, 0.3) is 11.3 Å². The molecule has 2 aromatic rings. The Kier molecular flexibility index (Phi) is 3.50. The lowest BCUT2D eigenvalue weighted by atomic mass is 9.61. The molecule has 1 aliphatic carbocycles. The number of nitrogens with zero attached hydrogens (tertiary/aromatic N) is 3. The van der Waals surface area contributed by atoms with Gasteiger partial charge in [-0.2, -0.15) is 5.10 Å². The third-order valence-electron chi connectivity index (χ3n) is 5.44. The van der Waals surface area contributed by atoms with Crippen LogP contribution in [0.3, 0.4) is 0 Å². The first-order valence-corrected chi connectivity index (χ1v) is 8.50. The zero-order valence-corrected chi connectivity index (χ0v) is 14.5. The molecular formula is C18H23N5O2. The molecule has 1 spiro atoms. The molecule has 2 fully saturated rings. The van der Waals surface area contributed by atoms with Gasteiger partial charge in [0.2, 0.25) is 0 Å². The fourth-order valence-corrected chi connectivity index (χ4v) is 4.37. The van der Waals surface area contributed by atoms with Crippen molar-refractivity contribution < 1.29 is 9.90 Å². The molecule has 1 amide bonds. The molecular weight excluding hydrogens is 318 g/mol. The Labute approximate surface area is 146 Å². The molecule has 7 heteroatoms. The van der Waals surface area contributed by atoms with Gasteiger partial charge in [-0.1, -0.05) is 0 Å². The summed E-state index contributed by atoms with van der Waals surface area (Å²) in [7, 11) is 3.72. The number of nitrogens with one attached hydrogen (secondary N) is 1. The lowest BCUT2D eigenvalue weighted by Gasteiger charge is -2.58. The Morgan fingerprint density at radius 2 is 1.96 bits per heavy atom. The number of carbonyl (C=O) groups is 1. The monoisotopic (exact) mass is 341 g/mol. The van der Waals surface area contributed by atoms with Crippen LogP contribution in [0.4, 0.5) is 5.82 Å². The van der Waals surface area contributed by atoms with Crippen molar-refractivity contribution in [3.05, 3.63) is 29.8 Å². The van der Waals surface area contributed by atoms with Crippen LogP contribution in [-0.2, 0) is 0 Å². The molecule has 1 aromatic carbocycles. The fourth-order valence-electron chi connectivity index (χ4n) is 4.37. The molecule has 0 unspecified atom stereocenters. The van der Waals surface area contributed by atoms with Crippen molar-refractivity contribution in [1.29, 1.82) is 0 Å². The molecule has 0 bridgehead atoms. The van der Waals surface area contributed by atoms with Crippen LogP contribution in [-0.4, -0.2) is 52.9 Å². The van der Waals surface area contributed by atoms with E-state index in [1.165, 1.54) is 0 Å². The molecule has 4 rings (SSSR count). The first-order chi connectivity index (χ1) is 11.9. The third kappa shape index (κ3) is 2.46. The van der Waals surface area contributed by atoms with Gasteiger partial charge in [0.05, 0.1) is 6.04 Å². The number of nitrogens with two attached hydrogens (primary N) is 1. The molecule has 2 heterocycles. The molecule has 0 atom stereocenters. The van der Waals surface area contributed by atoms with Crippen LogP contribution in [0.15, 0.2) is 24.3 Å². The van der Waals surface area contributed by atoms with Crippen molar-refractivity contribution >= 4 is 11.7 Å². The predicted octanol–water partition coefficient (Wildman–Crippen LogP) is 1.46. The molecule has 1 saturated heterocycles. The van der Waals surface area contributed by atoms with Crippen LogP contribution in [0.2, 0.25) is 0 Å². The van der Waals surface area contributed by atoms with Crippen LogP contribution in [0.1, 0.15) is 29.2 Å². The summed E-state index contributed by atoms with van der Waals surface area (Å²) in [6.45, 7) is 2.25. The first kappa shape index (κ1) is 16.0. The number of likely N-dealkylation sites (tertiary alicyclic amines) is 1. The van der Waals surface area contributed by atoms with Gasteiger partial charge in [0.25, 0.3) is 5.91 Å². The van der Waals surface area contributed by atoms with Crippen molar-refractivity contribution in [3.8, 4) is 17.0 Å². The van der Waals surface area contributed by atoms with Gasteiger partial charge < -0.3 is 21.1 Å². The van der Waals surface area contributed by atoms with E-state index in [0.717, 1.165) is 31.5 Å². The normalized spacial score (nSPS) is 19.4. The van der Waals surface area contributed by atoms with Crippen LogP contribution < -0.4 is 11.1 Å². The maximum absolute atomic E-state index is 12.4. The molecule has 1 aromatic heterocycles. The number of amides is 1. The molecule has 2 aliphatic rings. The second kappa shape index (κ2) is 5.49. The van der Waals surface area contributed by atoms with Crippen molar-refractivity contribution in [2.45, 2.75) is 18.9 Å². The van der Waals surface area contributed by atoms with E-state index in [0.29, 0.717) is 22.5 Å². The number of benzene rings is 1. The van der Waals surface area contributed by atoms with E-state index in [1.807, 2.05) is 4.68 Å². The van der Waals surface area contributed by atoms with Crippen LogP contribution >= 0.6 is 0 Å². The molecule has 7 nitrogen and oxygen atoms in total. The largest absolute Gasteiger partial charge is 0.508 e. The van der Waals surface area contributed by atoms with Crippen molar-refractivity contribution in [2.75, 3.05) is 32.9 Å². The van der Waals surface area contributed by atoms with E-state index >= 15 is 0 Å². The molecule has 4 N–H and O–H groups in total. The number of nitrogen functional groups attached to an aromatic ring is 1. The Bertz CT molecular complexity index is 813. The van der Waals surface area contributed by atoms with Gasteiger partial charge in [0, 0.05) is 25.7 Å². The van der Waals surface area contributed by atoms with Crippen molar-refractivity contribution in [3.63, 3.8) is 0 Å². The number of phenolic OH excluding ortho intramolecular Hbond substituents is 1. The summed E-state index contributed by atoms with van der Waals surface area (Å²) in [5, 5.41) is 16.8. The summed E-state index contributed by atoms with van der Waals surface area (Å²) < 4.78 is 1.82. The highest BCUT2D eigenvalue weighted by molar-refractivity contribution is 6.04. The zero-order chi connectivity index (χ0) is 17.8. The molecule has 132 valence electrons. The number of anilines is 1. The number of aromatic hydroxyl groups is 1. The number of phenols is 1. The van der Waals surface area contributed by atoms with Crippen molar-refractivity contribution in [1.82, 2.24) is 20.0 Å². The minimum atomic E-state index is -0.246. The average Bonchev–Trinajstić information content (AvgIpc) is 2.86. The quantitative estimate of drug-likeness (QED) is 0.785. The average molecular weight is 341 g/mol. The highest BCUT2D eigenvalue weighted by Crippen LogP contribution is 2.54. The lowest BCUT2D eigenvalue weighted by Crippen LogP contribution is -2.60. The summed E-state index contributed by atoms with van der Waals surface area (Å²) >= 11 is 0. The number of carbonyl (C=O) groups excluding carboxylic acids is 1. The summed E-state index contributed by atoms with van der Waals surface area (Å²) in [6, 6.07) is 6.90. The summed E-state index contributed by atoms with van der Waals surface area (Å²) in [5.41, 5.74) is 8.44. The second-order valence-corrected chi connectivity index (χ2v) is 7.41. The van der Waals surface area contributed by atoms with Crippen LogP contribution in [0.5, 0.6) is 5.75 Å². The van der Waals surface area contributed by atoms with Crippen molar-refractivity contribution in [2.24, 2.45) is 5.41 Å². The van der Waals surface area contributed by atoms with Gasteiger partial charge in [-0.3, -0.25) is 4.79 Å². The highest BCUT2D eigenvalue weighted by atomic mass is 16.3. The third-order valence-corrected chi connectivity index (χ3v) is 5.44. The van der Waals surface area contributed by atoms with E-state index in [2.05, 4.69) is 22.4 Å². The number of hydrogen-bond acceptors (Lipinski definition) is 5. The number of hydrogen-bond donors (Lipinski definition) is 3. The van der Waals surface area contributed by atoms with E-state index in [4.69, 9.17) is 5.73 Å². The van der Waals surface area contributed by atoms with E-state index in [9.17, 15) is 9.90 Å². The van der Waals surface area contributed by atoms with Gasteiger partial charge >= 0.3 is 0 Å². The minimum Gasteiger partial charge on any atom is -0.508 e. The summed E-state index contributed by atoms with van der Waals surface area (Å²) in [6.07, 6.45) is 2.09. The van der Waals surface area contributed by atoms with E-state index < -0.39 is 0 Å². The smallest absolute Gasteiger partial charge is 0.257 e. The maximum atomic E-state index is 12.4. The Morgan fingerprint density at radius 3 is 2.52 bits per heavy atom. The Balaban J connectivity index is 1.69. The lowest BCUT2D eigenvalue weighted by molar-refractivity contribution is -0.0780. The predicted molar refractivity (Wildman–Crippen MR) is 95.3 cm³/mol. The number of rotatable bonds is 3. The second-order valence-electron chi connectivity index (χ2n) is 7.41. The SMILES string of the molecule is CNC(=O)c1c(-c2ccc(O)cc2)nn(C2CC3(C2)CN(C)C3)c1N. The minimum absolute atomic E-state index is 0.174. The Hall–Kier alpha value is -2.54. The number of aromatic nitrogens is 2. The maximum Gasteiger partial charge on any atom is 0.257 e. The van der Waals surface area contributed by atoms with Gasteiger partial charge in [-0.15, -0.1) is 0 Å². The molecule has 25 heavy (non-hydrogen) atoms. The topological polar surface area (TPSA) is 96.4 Å². The summed E-state index contributed by atoms with van der Waals surface area (Å²) in [5.74, 6) is 0.340. The molecule has 0 radical (unpaired) electrons. The summed E-state index contributed by atoms with van der Waals surface area (Å²) in [4.78, 5) is 14.7. The first-order valence-electron chi connectivity index (χ1n) is 8.50.